The first-order chi connectivity index (χ1) is 46.0. The number of hydrogen-bond donors (Lipinski definition) is 6. The van der Waals surface area contributed by atoms with Crippen LogP contribution < -0.4 is 4.74 Å². The molecule has 0 fully saturated rings. The summed E-state index contributed by atoms with van der Waals surface area (Å²) in [5.41, 5.74) is 42.0. The maximum atomic E-state index is 7.65. The van der Waals surface area contributed by atoms with Crippen LogP contribution in [0.15, 0.2) is 170 Å². The number of rotatable bonds is 8. The minimum atomic E-state index is 0.681. The summed E-state index contributed by atoms with van der Waals surface area (Å²) in [4.78, 5) is 34.9. The van der Waals surface area contributed by atoms with Crippen LogP contribution in [-0.2, 0) is 0 Å². The molecular formula is C86H74N8O. The van der Waals surface area contributed by atoms with E-state index in [2.05, 4.69) is 307 Å². The molecule has 2 aliphatic rings. The summed E-state index contributed by atoms with van der Waals surface area (Å²) in [5, 5.41) is 0. The van der Waals surface area contributed by atoms with Crippen LogP contribution >= 0.6 is 0 Å². The van der Waals surface area contributed by atoms with Gasteiger partial charge in [0.25, 0.3) is 0 Å². The molecule has 16 bridgehead atoms. The van der Waals surface area contributed by atoms with Gasteiger partial charge in [-0.3, -0.25) is 0 Å². The third-order valence-corrected chi connectivity index (χ3v) is 19.4. The summed E-state index contributed by atoms with van der Waals surface area (Å²) >= 11 is 0. The highest BCUT2D eigenvalue weighted by atomic mass is 16.5. The van der Waals surface area contributed by atoms with E-state index < -0.39 is 0 Å². The van der Waals surface area contributed by atoms with E-state index in [0.717, 1.165) is 145 Å². The number of aromatic amines is 6. The van der Waals surface area contributed by atoms with E-state index in [0.29, 0.717) is 11.5 Å². The van der Waals surface area contributed by atoms with E-state index in [1.54, 1.807) is 0 Å². The highest BCUT2D eigenvalue weighted by molar-refractivity contribution is 6.05. The van der Waals surface area contributed by atoms with Crippen molar-refractivity contribution in [2.24, 2.45) is 0 Å². The predicted molar refractivity (Wildman–Crippen MR) is 400 cm³/mol. The van der Waals surface area contributed by atoms with Crippen molar-refractivity contribution in [1.82, 2.24) is 39.9 Å². The van der Waals surface area contributed by atoms with E-state index in [9.17, 15) is 0 Å². The summed E-state index contributed by atoms with van der Waals surface area (Å²) in [7, 11) is 0. The number of ether oxygens (including phenoxy) is 1. The third-order valence-electron chi connectivity index (χ3n) is 19.4. The van der Waals surface area contributed by atoms with Crippen LogP contribution in [0, 0.1) is 83.1 Å². The van der Waals surface area contributed by atoms with Gasteiger partial charge < -0.3 is 34.6 Å². The molecule has 6 N–H and O–H groups in total. The summed E-state index contributed by atoms with van der Waals surface area (Å²) in [5.74, 6) is 1.36. The molecule has 0 saturated carbocycles. The minimum Gasteiger partial charge on any atom is -0.456 e. The van der Waals surface area contributed by atoms with Crippen LogP contribution in [0.4, 0.5) is 0 Å². The van der Waals surface area contributed by atoms with Crippen LogP contribution in [0.3, 0.4) is 0 Å². The van der Waals surface area contributed by atoms with Gasteiger partial charge in [-0.05, 0) is 259 Å². The van der Waals surface area contributed by atoms with Gasteiger partial charge in [0.15, 0.2) is 0 Å². The zero-order chi connectivity index (χ0) is 65.2. The van der Waals surface area contributed by atoms with E-state index in [1.807, 2.05) is 0 Å². The molecule has 0 aliphatic carbocycles. The number of nitrogens with zero attached hydrogens (tertiary/aromatic N) is 2. The van der Waals surface area contributed by atoms with Gasteiger partial charge in [0, 0.05) is 99.7 Å². The van der Waals surface area contributed by atoms with E-state index >= 15 is 0 Å². The van der Waals surface area contributed by atoms with Crippen molar-refractivity contribution in [3.8, 4) is 78.3 Å². The number of fused-ring (bicyclic) bond motifs is 18. The van der Waals surface area contributed by atoms with Crippen molar-refractivity contribution in [2.45, 2.75) is 83.1 Å². The molecule has 0 unspecified atom stereocenters. The van der Waals surface area contributed by atoms with Crippen molar-refractivity contribution in [3.63, 3.8) is 0 Å². The topological polar surface area (TPSA) is 130 Å². The van der Waals surface area contributed by atoms with Gasteiger partial charge >= 0.3 is 0 Å². The Bertz CT molecular complexity index is 5460. The number of hydrogen-bond acceptors (Lipinski definition) is 3. The first-order valence-electron chi connectivity index (χ1n) is 32.9. The lowest BCUT2D eigenvalue weighted by molar-refractivity contribution is 0.486. The molecule has 6 aromatic carbocycles. The molecule has 16 rings (SSSR count). The minimum absolute atomic E-state index is 0.681. The fourth-order valence-electron chi connectivity index (χ4n) is 15.9. The van der Waals surface area contributed by atoms with Crippen LogP contribution in [0.1, 0.15) is 89.5 Å². The molecule has 464 valence electrons. The van der Waals surface area contributed by atoms with Gasteiger partial charge in [-0.1, -0.05) is 107 Å². The van der Waals surface area contributed by atoms with Crippen LogP contribution in [0.5, 0.6) is 11.5 Å². The van der Waals surface area contributed by atoms with Crippen molar-refractivity contribution in [3.05, 3.63) is 259 Å². The second kappa shape index (κ2) is 22.7. The number of aromatic nitrogens is 8. The molecule has 0 spiro atoms. The highest BCUT2D eigenvalue weighted by Crippen LogP contribution is 2.46. The number of para-hydroxylation sites is 2. The van der Waals surface area contributed by atoms with Crippen molar-refractivity contribution in [2.75, 3.05) is 0 Å². The second-order valence-electron chi connectivity index (χ2n) is 26.6. The van der Waals surface area contributed by atoms with Gasteiger partial charge in [0.05, 0.1) is 33.8 Å². The molecular weight excluding hydrogens is 1160 g/mol. The Morgan fingerprint density at radius 3 is 0.737 bits per heavy atom. The fourth-order valence-corrected chi connectivity index (χ4v) is 15.9. The van der Waals surface area contributed by atoms with Crippen LogP contribution in [-0.4, -0.2) is 39.9 Å². The molecule has 14 aromatic rings. The normalized spacial score (nSPS) is 12.1. The highest BCUT2D eigenvalue weighted by Gasteiger charge is 2.24. The Morgan fingerprint density at radius 2 is 0.442 bits per heavy atom. The van der Waals surface area contributed by atoms with E-state index in [1.165, 1.54) is 77.9 Å². The molecule has 0 atom stereocenters. The maximum Gasteiger partial charge on any atom is 0.135 e. The van der Waals surface area contributed by atoms with Crippen LogP contribution in [0.25, 0.3) is 157 Å². The Labute approximate surface area is 552 Å². The molecule has 95 heavy (non-hydrogen) atoms. The summed E-state index contributed by atoms with van der Waals surface area (Å²) < 4.78 is 7.65. The molecule has 8 aromatic heterocycles. The number of benzene rings is 6. The van der Waals surface area contributed by atoms with Crippen molar-refractivity contribution in [1.29, 1.82) is 0 Å². The lowest BCUT2D eigenvalue weighted by Gasteiger charge is -2.16. The van der Waals surface area contributed by atoms with Gasteiger partial charge in [-0.25, -0.2) is 9.97 Å². The standard InChI is InChI=1S/C86H74N8O/c1-45-37-49(5)77(50(6)38-45)83-67-25-21-59(87-67)60-22-26-68(88-60)84(78-51(7)39-46(2)40-52(78)8)72-34-30-64(92-72)81(63-29-33-71(83)91-63)57-17-13-15-19-75(57)95-76-20-16-14-18-58(76)82-65-31-35-73(93-65)85(79-53(9)41-47(3)42-54(79)10)69-27-23-61(89-69)62-24-28-70(90-62)86(74-36-32-66(82)94-74)80-55(11)43-48(4)44-56(80)12/h13-44,87,89,91-94H,1-12H3. The average Bonchev–Trinajstić information content (AvgIpc) is 1.65. The largest absolute Gasteiger partial charge is 0.456 e. The second-order valence-corrected chi connectivity index (χ2v) is 26.6. The first kappa shape index (κ1) is 58.7. The molecule has 9 nitrogen and oxygen atoms in total. The molecule has 10 heterocycles. The van der Waals surface area contributed by atoms with Gasteiger partial charge in [0.1, 0.15) is 11.5 Å². The molecule has 0 saturated heterocycles. The Balaban J connectivity index is 0.971. The Kier molecular flexibility index (Phi) is 14.0. The Hall–Kier alpha value is -11.4. The zero-order valence-corrected chi connectivity index (χ0v) is 55.8. The van der Waals surface area contributed by atoms with Gasteiger partial charge in [-0.15, -0.1) is 0 Å². The predicted octanol–water partition coefficient (Wildman–Crippen LogP) is 23.2. The SMILES string of the molecule is Cc1cc(C)c(-c2c3nc(c4ccc([nH]4)c(-c4c(C)cc(C)cc4C)c4ccc([nH]4)c(-c4ccccc4Oc4ccccc4-c4c5ccc([nH]5)c(-c5c(C)cc(C)cc5C)c5nc(c6ccc([nH]6)c(-c6c(C)cc(C)cc6C)c6ccc4[nH]6)C=C5)c4ccc2[nH]4)C=C3)c(C)c1. The molecule has 0 amide bonds. The van der Waals surface area contributed by atoms with Crippen molar-refractivity contribution < 1.29 is 4.74 Å². The monoisotopic (exact) mass is 1230 g/mol. The Morgan fingerprint density at radius 1 is 0.221 bits per heavy atom. The lowest BCUT2D eigenvalue weighted by Crippen LogP contribution is -1.94. The quantitative estimate of drug-likeness (QED) is 0.0906. The maximum absolute atomic E-state index is 7.65. The first-order valence-corrected chi connectivity index (χ1v) is 32.9. The zero-order valence-electron chi connectivity index (χ0n) is 55.8. The number of aryl methyl sites for hydroxylation is 12. The fraction of sp³-hybridized carbons (Fsp3) is 0.140. The average molecular weight is 1240 g/mol. The van der Waals surface area contributed by atoms with Crippen molar-refractivity contribution >= 4 is 90.5 Å². The van der Waals surface area contributed by atoms with E-state index in [-0.39, 0.29) is 0 Å². The summed E-state index contributed by atoms with van der Waals surface area (Å²) in [6, 6.07) is 61.6. The number of nitrogens with one attached hydrogen (secondary N) is 6. The molecule has 2 aliphatic heterocycles. The van der Waals surface area contributed by atoms with Gasteiger partial charge in [-0.2, -0.15) is 0 Å². The lowest BCUT2D eigenvalue weighted by atomic mass is 9.92. The van der Waals surface area contributed by atoms with E-state index in [4.69, 9.17) is 14.7 Å². The van der Waals surface area contributed by atoms with Gasteiger partial charge in [0.2, 0.25) is 0 Å². The third kappa shape index (κ3) is 10.1. The number of H-pyrrole nitrogens is 6. The molecule has 0 radical (unpaired) electrons. The smallest absolute Gasteiger partial charge is 0.135 e. The van der Waals surface area contributed by atoms with Crippen LogP contribution in [0.2, 0.25) is 0 Å². The molecule has 9 heteroatoms. The summed E-state index contributed by atoms with van der Waals surface area (Å²) in [6.07, 6.45) is 8.62. The summed E-state index contributed by atoms with van der Waals surface area (Å²) in [6.45, 7) is 26.4.